The maximum atomic E-state index is 5.31. The molecule has 3 aromatic rings. The minimum absolute atomic E-state index is 0.861. The van der Waals surface area contributed by atoms with Gasteiger partial charge in [0.1, 0.15) is 5.75 Å². The Morgan fingerprint density at radius 2 is 1.08 bits per heavy atom. The predicted octanol–water partition coefficient (Wildman–Crippen LogP) is 5.23. The zero-order valence-corrected chi connectivity index (χ0v) is 14.3. The first-order valence-corrected chi connectivity index (χ1v) is 7.95. The van der Waals surface area contributed by atoms with Gasteiger partial charge in [-0.25, -0.2) is 0 Å². The summed E-state index contributed by atoms with van der Waals surface area (Å²) in [5, 5.41) is 0. The molecule has 0 bridgehead atoms. The fraction of sp³-hybridized carbons (Fsp3) is 0.143. The van der Waals surface area contributed by atoms with Gasteiger partial charge in [-0.1, -0.05) is 24.3 Å². The monoisotopic (exact) mass is 318 g/mol. The minimum Gasteiger partial charge on any atom is -0.497 e. The lowest BCUT2D eigenvalue weighted by molar-refractivity contribution is 0.415. The number of rotatable bonds is 5. The van der Waals surface area contributed by atoms with Gasteiger partial charge in [-0.05, 0) is 48.5 Å². The fourth-order valence-corrected chi connectivity index (χ4v) is 2.67. The molecule has 0 aliphatic rings. The van der Waals surface area contributed by atoms with Crippen molar-refractivity contribution in [2.75, 3.05) is 31.0 Å². The standard InChI is InChI=1S/C21H22N2O/c1-22(17-8-5-4-6-9-17)18-12-14-19(15-13-18)23(2)20-10-7-11-21(16-20)24-3/h4-16H,1-3H3. The number of para-hydroxylation sites is 1. The Balaban J connectivity index is 1.81. The van der Waals surface area contributed by atoms with Crippen LogP contribution >= 0.6 is 0 Å². The van der Waals surface area contributed by atoms with Crippen LogP contribution in [0, 0.1) is 0 Å². The molecule has 0 radical (unpaired) electrons. The molecule has 3 heteroatoms. The SMILES string of the molecule is COc1cccc(N(C)c2ccc(N(C)c3ccccc3)cc2)c1. The second-order valence-electron chi connectivity index (χ2n) is 5.67. The minimum atomic E-state index is 0.861. The Labute approximate surface area is 143 Å². The second-order valence-corrected chi connectivity index (χ2v) is 5.67. The molecule has 0 heterocycles. The van der Waals surface area contributed by atoms with E-state index < -0.39 is 0 Å². The molecule has 0 spiro atoms. The number of anilines is 4. The molecule has 3 aromatic carbocycles. The van der Waals surface area contributed by atoms with Crippen molar-refractivity contribution in [3.63, 3.8) is 0 Å². The Hall–Kier alpha value is -2.94. The van der Waals surface area contributed by atoms with E-state index in [4.69, 9.17) is 4.74 Å². The van der Waals surface area contributed by atoms with Crippen LogP contribution in [0.3, 0.4) is 0 Å². The van der Waals surface area contributed by atoms with Crippen molar-refractivity contribution < 1.29 is 4.74 Å². The van der Waals surface area contributed by atoms with Crippen molar-refractivity contribution in [1.29, 1.82) is 0 Å². The van der Waals surface area contributed by atoms with Crippen LogP contribution < -0.4 is 14.5 Å². The van der Waals surface area contributed by atoms with Crippen LogP contribution in [-0.4, -0.2) is 21.2 Å². The van der Waals surface area contributed by atoms with Gasteiger partial charge < -0.3 is 14.5 Å². The third-order valence-electron chi connectivity index (χ3n) is 4.21. The predicted molar refractivity (Wildman–Crippen MR) is 102 cm³/mol. The highest BCUT2D eigenvalue weighted by Gasteiger charge is 2.07. The molecule has 0 aliphatic carbocycles. The second kappa shape index (κ2) is 7.09. The molecule has 0 aromatic heterocycles. The van der Waals surface area contributed by atoms with Crippen LogP contribution in [-0.2, 0) is 0 Å². The molecule has 0 fully saturated rings. The normalized spacial score (nSPS) is 10.3. The van der Waals surface area contributed by atoms with Crippen molar-refractivity contribution in [3.8, 4) is 5.75 Å². The maximum Gasteiger partial charge on any atom is 0.120 e. The van der Waals surface area contributed by atoms with E-state index in [0.717, 1.165) is 22.8 Å². The lowest BCUT2D eigenvalue weighted by Crippen LogP contribution is -2.11. The molecule has 3 nitrogen and oxygen atoms in total. The fourth-order valence-electron chi connectivity index (χ4n) is 2.67. The molecular weight excluding hydrogens is 296 g/mol. The molecule has 0 amide bonds. The summed E-state index contributed by atoms with van der Waals surface area (Å²) < 4.78 is 5.31. The third kappa shape index (κ3) is 3.35. The van der Waals surface area contributed by atoms with Crippen LogP contribution in [0.5, 0.6) is 5.75 Å². The molecule has 24 heavy (non-hydrogen) atoms. The zero-order valence-electron chi connectivity index (χ0n) is 14.3. The number of methoxy groups -OCH3 is 1. The van der Waals surface area contributed by atoms with E-state index in [1.165, 1.54) is 5.69 Å². The van der Waals surface area contributed by atoms with E-state index in [2.05, 4.69) is 78.5 Å². The van der Waals surface area contributed by atoms with Crippen LogP contribution in [0.4, 0.5) is 22.7 Å². The lowest BCUT2D eigenvalue weighted by atomic mass is 10.2. The summed E-state index contributed by atoms with van der Waals surface area (Å²) in [7, 11) is 5.83. The van der Waals surface area contributed by atoms with Crippen molar-refractivity contribution in [2.24, 2.45) is 0 Å². The van der Waals surface area contributed by atoms with E-state index in [-0.39, 0.29) is 0 Å². The molecular formula is C21H22N2O. The molecule has 0 aliphatic heterocycles. The maximum absolute atomic E-state index is 5.31. The number of benzene rings is 3. The van der Waals surface area contributed by atoms with E-state index in [0.29, 0.717) is 0 Å². The van der Waals surface area contributed by atoms with Gasteiger partial charge in [0.25, 0.3) is 0 Å². The summed E-state index contributed by atoms with van der Waals surface area (Å²) in [6.07, 6.45) is 0. The first-order chi connectivity index (χ1) is 11.7. The highest BCUT2D eigenvalue weighted by atomic mass is 16.5. The third-order valence-corrected chi connectivity index (χ3v) is 4.21. The molecule has 3 rings (SSSR count). The molecule has 0 atom stereocenters. The molecule has 0 saturated heterocycles. The summed E-state index contributed by atoms with van der Waals surface area (Å²) >= 11 is 0. The Morgan fingerprint density at radius 1 is 0.583 bits per heavy atom. The smallest absolute Gasteiger partial charge is 0.120 e. The Kier molecular flexibility index (Phi) is 4.71. The molecule has 0 saturated carbocycles. The average molecular weight is 318 g/mol. The van der Waals surface area contributed by atoms with Crippen LogP contribution in [0.25, 0.3) is 0 Å². The first-order valence-electron chi connectivity index (χ1n) is 7.95. The van der Waals surface area contributed by atoms with Gasteiger partial charge >= 0.3 is 0 Å². The van der Waals surface area contributed by atoms with Crippen molar-refractivity contribution in [3.05, 3.63) is 78.9 Å². The lowest BCUT2D eigenvalue weighted by Gasteiger charge is -2.23. The van der Waals surface area contributed by atoms with Gasteiger partial charge in [0, 0.05) is 42.9 Å². The summed E-state index contributed by atoms with van der Waals surface area (Å²) in [6, 6.07) is 27.0. The topological polar surface area (TPSA) is 15.7 Å². The van der Waals surface area contributed by atoms with E-state index in [9.17, 15) is 0 Å². The zero-order chi connectivity index (χ0) is 16.9. The summed E-state index contributed by atoms with van der Waals surface area (Å²) in [5.41, 5.74) is 4.56. The number of hydrogen-bond acceptors (Lipinski definition) is 3. The van der Waals surface area contributed by atoms with Crippen molar-refractivity contribution in [1.82, 2.24) is 0 Å². The van der Waals surface area contributed by atoms with Gasteiger partial charge in [-0.2, -0.15) is 0 Å². The van der Waals surface area contributed by atoms with Gasteiger partial charge in [0.05, 0.1) is 7.11 Å². The Bertz CT molecular complexity index is 784. The highest BCUT2D eigenvalue weighted by molar-refractivity contribution is 5.69. The molecule has 0 N–H and O–H groups in total. The van der Waals surface area contributed by atoms with Crippen LogP contribution in [0.2, 0.25) is 0 Å². The van der Waals surface area contributed by atoms with Crippen molar-refractivity contribution >= 4 is 22.7 Å². The molecule has 122 valence electrons. The number of hydrogen-bond donors (Lipinski definition) is 0. The van der Waals surface area contributed by atoms with Crippen molar-refractivity contribution in [2.45, 2.75) is 0 Å². The van der Waals surface area contributed by atoms with Gasteiger partial charge in [0.2, 0.25) is 0 Å². The van der Waals surface area contributed by atoms with E-state index in [1.807, 2.05) is 24.3 Å². The quantitative estimate of drug-likeness (QED) is 0.640. The molecule has 0 unspecified atom stereocenters. The van der Waals surface area contributed by atoms with Gasteiger partial charge in [0.15, 0.2) is 0 Å². The Morgan fingerprint density at radius 3 is 1.67 bits per heavy atom. The summed E-state index contributed by atoms with van der Waals surface area (Å²) in [6.45, 7) is 0. The average Bonchev–Trinajstić information content (AvgIpc) is 2.67. The largest absolute Gasteiger partial charge is 0.497 e. The highest BCUT2D eigenvalue weighted by Crippen LogP contribution is 2.30. The van der Waals surface area contributed by atoms with Crippen LogP contribution in [0.1, 0.15) is 0 Å². The van der Waals surface area contributed by atoms with Crippen LogP contribution in [0.15, 0.2) is 78.9 Å². The van der Waals surface area contributed by atoms with E-state index in [1.54, 1.807) is 7.11 Å². The summed E-state index contributed by atoms with van der Waals surface area (Å²) in [5.74, 6) is 0.861. The first kappa shape index (κ1) is 15.9. The van der Waals surface area contributed by atoms with Gasteiger partial charge in [-0.15, -0.1) is 0 Å². The van der Waals surface area contributed by atoms with Gasteiger partial charge in [-0.3, -0.25) is 0 Å². The number of nitrogens with zero attached hydrogens (tertiary/aromatic N) is 2. The van der Waals surface area contributed by atoms with E-state index >= 15 is 0 Å². The summed E-state index contributed by atoms with van der Waals surface area (Å²) in [4.78, 5) is 4.32. The number of ether oxygens (including phenoxy) is 1.